The van der Waals surface area contributed by atoms with E-state index in [0.717, 1.165) is 25.7 Å². The average molecular weight is 151 g/mol. The topological polar surface area (TPSA) is 43.1 Å². The third-order valence-electron chi connectivity index (χ3n) is 2.46. The highest BCUT2D eigenvalue weighted by Gasteiger charge is 2.35. The number of hydrogen-bond acceptors (Lipinski definition) is 1. The molecule has 0 saturated heterocycles. The molecule has 0 heterocycles. The summed E-state index contributed by atoms with van der Waals surface area (Å²) < 4.78 is 0. The lowest BCUT2D eigenvalue weighted by atomic mass is 9.74. The Kier molecular flexibility index (Phi) is 2.19. The molecule has 0 aromatic heterocycles. The number of hydrogen-bond donors (Lipinski definition) is 1. The lowest BCUT2D eigenvalue weighted by Gasteiger charge is -2.28. The van der Waals surface area contributed by atoms with E-state index in [9.17, 15) is 4.79 Å². The summed E-state index contributed by atoms with van der Waals surface area (Å²) in [7, 11) is 0. The molecule has 0 aromatic carbocycles. The van der Waals surface area contributed by atoms with Gasteiger partial charge in [0.2, 0.25) is 5.91 Å². The van der Waals surface area contributed by atoms with Gasteiger partial charge in [0.05, 0.1) is 0 Å². The molecule has 0 aromatic rings. The summed E-state index contributed by atoms with van der Waals surface area (Å²) in [6, 6.07) is 0. The van der Waals surface area contributed by atoms with E-state index < -0.39 is 5.41 Å². The van der Waals surface area contributed by atoms with Gasteiger partial charge in [0.25, 0.3) is 0 Å². The molecule has 1 amide bonds. The molecule has 60 valence electrons. The molecule has 2 N–H and O–H groups in total. The first-order valence-corrected chi connectivity index (χ1v) is 3.99. The maximum absolute atomic E-state index is 11.0. The van der Waals surface area contributed by atoms with Gasteiger partial charge in [-0.1, -0.05) is 25.2 Å². The second-order valence-electron chi connectivity index (χ2n) is 3.15. The number of terminal acetylenes is 1. The molecule has 0 aliphatic heterocycles. The van der Waals surface area contributed by atoms with Gasteiger partial charge in [-0.25, -0.2) is 0 Å². The summed E-state index contributed by atoms with van der Waals surface area (Å²) in [5.74, 6) is 2.22. The molecule has 2 nitrogen and oxygen atoms in total. The van der Waals surface area contributed by atoms with Gasteiger partial charge >= 0.3 is 0 Å². The highest BCUT2D eigenvalue weighted by Crippen LogP contribution is 2.34. The molecule has 1 rings (SSSR count). The predicted molar refractivity (Wildman–Crippen MR) is 43.5 cm³/mol. The Morgan fingerprint density at radius 1 is 1.36 bits per heavy atom. The van der Waals surface area contributed by atoms with E-state index in [-0.39, 0.29) is 5.91 Å². The molecule has 0 radical (unpaired) electrons. The molecule has 0 spiro atoms. The van der Waals surface area contributed by atoms with Crippen LogP contribution >= 0.6 is 0 Å². The van der Waals surface area contributed by atoms with Crippen LogP contribution in [-0.4, -0.2) is 5.91 Å². The Morgan fingerprint density at radius 3 is 2.18 bits per heavy atom. The zero-order chi connectivity index (χ0) is 8.32. The van der Waals surface area contributed by atoms with E-state index in [0.29, 0.717) is 0 Å². The van der Waals surface area contributed by atoms with Crippen molar-refractivity contribution in [1.29, 1.82) is 0 Å². The van der Waals surface area contributed by atoms with Crippen molar-refractivity contribution in [3.8, 4) is 12.3 Å². The van der Waals surface area contributed by atoms with E-state index >= 15 is 0 Å². The Balaban J connectivity index is 2.75. The fourth-order valence-electron chi connectivity index (χ4n) is 1.62. The third kappa shape index (κ3) is 1.37. The first kappa shape index (κ1) is 8.13. The maximum atomic E-state index is 11.0. The quantitative estimate of drug-likeness (QED) is 0.559. The van der Waals surface area contributed by atoms with Crippen LogP contribution in [0.2, 0.25) is 0 Å². The predicted octanol–water partition coefficient (Wildman–Crippen LogP) is 1.06. The molecule has 1 aliphatic rings. The van der Waals surface area contributed by atoms with E-state index in [1.54, 1.807) is 0 Å². The van der Waals surface area contributed by atoms with Crippen molar-refractivity contribution < 1.29 is 4.79 Å². The maximum Gasteiger partial charge on any atom is 0.235 e. The number of amides is 1. The normalized spacial score (nSPS) is 22.1. The highest BCUT2D eigenvalue weighted by molar-refractivity contribution is 5.84. The molecule has 1 saturated carbocycles. The smallest absolute Gasteiger partial charge is 0.235 e. The van der Waals surface area contributed by atoms with Crippen molar-refractivity contribution in [3.05, 3.63) is 0 Å². The van der Waals surface area contributed by atoms with Crippen LogP contribution < -0.4 is 5.73 Å². The summed E-state index contributed by atoms with van der Waals surface area (Å²) >= 11 is 0. The fourth-order valence-corrected chi connectivity index (χ4v) is 1.62. The van der Waals surface area contributed by atoms with Crippen LogP contribution in [0.15, 0.2) is 0 Å². The summed E-state index contributed by atoms with van der Waals surface area (Å²) in [4.78, 5) is 11.0. The Labute approximate surface area is 67.2 Å². The van der Waals surface area contributed by atoms with E-state index in [1.165, 1.54) is 6.42 Å². The zero-order valence-corrected chi connectivity index (χ0v) is 6.60. The Hall–Kier alpha value is -0.970. The minimum Gasteiger partial charge on any atom is -0.368 e. The highest BCUT2D eigenvalue weighted by atomic mass is 16.1. The average Bonchev–Trinajstić information content (AvgIpc) is 2.05. The number of carbonyl (C=O) groups is 1. The summed E-state index contributed by atoms with van der Waals surface area (Å²) in [6.07, 6.45) is 10.1. The van der Waals surface area contributed by atoms with E-state index in [4.69, 9.17) is 12.2 Å². The number of nitrogens with two attached hydrogens (primary N) is 1. The molecule has 1 fully saturated rings. The van der Waals surface area contributed by atoms with Crippen molar-refractivity contribution >= 4 is 5.91 Å². The Morgan fingerprint density at radius 2 is 1.91 bits per heavy atom. The molecule has 11 heavy (non-hydrogen) atoms. The monoisotopic (exact) mass is 151 g/mol. The number of carbonyl (C=O) groups excluding carboxylic acids is 1. The first-order valence-electron chi connectivity index (χ1n) is 3.99. The molecular weight excluding hydrogens is 138 g/mol. The van der Waals surface area contributed by atoms with Crippen LogP contribution in [0.4, 0.5) is 0 Å². The number of rotatable bonds is 1. The first-order chi connectivity index (χ1) is 5.21. The van der Waals surface area contributed by atoms with Gasteiger partial charge in [-0.05, 0) is 12.8 Å². The van der Waals surface area contributed by atoms with Gasteiger partial charge in [0.15, 0.2) is 0 Å². The van der Waals surface area contributed by atoms with Crippen molar-refractivity contribution in [1.82, 2.24) is 0 Å². The molecule has 2 heteroatoms. The number of primary amides is 1. The third-order valence-corrected chi connectivity index (χ3v) is 2.46. The molecule has 1 aliphatic carbocycles. The van der Waals surface area contributed by atoms with Crippen LogP contribution in [0, 0.1) is 17.8 Å². The lowest BCUT2D eigenvalue weighted by Crippen LogP contribution is -2.37. The Bertz CT molecular complexity index is 196. The fraction of sp³-hybridized carbons (Fsp3) is 0.667. The second-order valence-corrected chi connectivity index (χ2v) is 3.15. The van der Waals surface area contributed by atoms with E-state index in [2.05, 4.69) is 5.92 Å². The van der Waals surface area contributed by atoms with Crippen molar-refractivity contribution in [2.45, 2.75) is 32.1 Å². The molecule has 0 atom stereocenters. The van der Waals surface area contributed by atoms with Crippen LogP contribution in [0.1, 0.15) is 32.1 Å². The minimum atomic E-state index is -0.613. The van der Waals surface area contributed by atoms with Crippen LogP contribution in [0.25, 0.3) is 0 Å². The standard InChI is InChI=1S/C9H13NO/c1-2-9(8(10)11)6-4-3-5-7-9/h1H,3-7H2,(H2,10,11). The van der Waals surface area contributed by atoms with Gasteiger partial charge in [0, 0.05) is 0 Å². The second kappa shape index (κ2) is 2.96. The molecular formula is C9H13NO. The minimum absolute atomic E-state index is 0.320. The largest absolute Gasteiger partial charge is 0.368 e. The van der Waals surface area contributed by atoms with Crippen LogP contribution in [0.5, 0.6) is 0 Å². The van der Waals surface area contributed by atoms with Gasteiger partial charge in [0.1, 0.15) is 5.41 Å². The van der Waals surface area contributed by atoms with Crippen molar-refractivity contribution in [3.63, 3.8) is 0 Å². The zero-order valence-electron chi connectivity index (χ0n) is 6.60. The molecule has 0 bridgehead atoms. The SMILES string of the molecule is C#CC1(C(N)=O)CCCCC1. The van der Waals surface area contributed by atoms with Gasteiger partial charge in [-0.15, -0.1) is 6.42 Å². The van der Waals surface area contributed by atoms with Crippen molar-refractivity contribution in [2.24, 2.45) is 11.1 Å². The lowest BCUT2D eigenvalue weighted by molar-refractivity contribution is -0.126. The van der Waals surface area contributed by atoms with Crippen LogP contribution in [0.3, 0.4) is 0 Å². The summed E-state index contributed by atoms with van der Waals surface area (Å²) in [5.41, 5.74) is 4.62. The van der Waals surface area contributed by atoms with Gasteiger partial charge in [-0.2, -0.15) is 0 Å². The van der Waals surface area contributed by atoms with Gasteiger partial charge in [-0.3, -0.25) is 4.79 Å². The van der Waals surface area contributed by atoms with Crippen molar-refractivity contribution in [2.75, 3.05) is 0 Å². The van der Waals surface area contributed by atoms with Crippen LogP contribution in [-0.2, 0) is 4.79 Å². The van der Waals surface area contributed by atoms with E-state index in [1.807, 2.05) is 0 Å². The summed E-state index contributed by atoms with van der Waals surface area (Å²) in [5, 5.41) is 0. The molecule has 0 unspecified atom stereocenters. The van der Waals surface area contributed by atoms with Gasteiger partial charge < -0.3 is 5.73 Å². The summed E-state index contributed by atoms with van der Waals surface area (Å²) in [6.45, 7) is 0.